The van der Waals surface area contributed by atoms with E-state index in [1.54, 1.807) is 12.1 Å². The molecule has 1 aromatic carbocycles. The van der Waals surface area contributed by atoms with Crippen molar-refractivity contribution in [2.24, 2.45) is 0 Å². The van der Waals surface area contributed by atoms with Gasteiger partial charge in [0.15, 0.2) is 0 Å². The van der Waals surface area contributed by atoms with Gasteiger partial charge in [-0.2, -0.15) is 0 Å². The van der Waals surface area contributed by atoms with Crippen LogP contribution in [0.2, 0.25) is 5.15 Å². The summed E-state index contributed by atoms with van der Waals surface area (Å²) in [6, 6.07) is 6.55. The molecule has 1 heterocycles. The van der Waals surface area contributed by atoms with E-state index in [1.807, 2.05) is 26.8 Å². The third-order valence-corrected chi connectivity index (χ3v) is 2.81. The number of benzene rings is 1. The highest BCUT2D eigenvalue weighted by molar-refractivity contribution is 6.29. The Labute approximate surface area is 116 Å². The largest absolute Gasteiger partial charge is 0.338 e. The van der Waals surface area contributed by atoms with E-state index in [9.17, 15) is 4.39 Å². The SMILES string of the molecule is Cc1ccc(Nc2cc(Cl)nc(C(C)C)n2)c(F)c1. The van der Waals surface area contributed by atoms with Gasteiger partial charge in [-0.3, -0.25) is 0 Å². The van der Waals surface area contributed by atoms with Crippen molar-refractivity contribution >= 4 is 23.1 Å². The molecule has 0 aliphatic carbocycles. The molecule has 0 saturated carbocycles. The fraction of sp³-hybridized carbons (Fsp3) is 0.286. The van der Waals surface area contributed by atoms with Crippen molar-refractivity contribution in [3.8, 4) is 0 Å². The van der Waals surface area contributed by atoms with E-state index in [2.05, 4.69) is 15.3 Å². The number of aryl methyl sites for hydroxylation is 1. The zero-order chi connectivity index (χ0) is 14.0. The van der Waals surface area contributed by atoms with E-state index in [1.165, 1.54) is 6.07 Å². The van der Waals surface area contributed by atoms with Gasteiger partial charge in [0.1, 0.15) is 22.6 Å². The summed E-state index contributed by atoms with van der Waals surface area (Å²) in [7, 11) is 0. The second-order valence-electron chi connectivity index (χ2n) is 4.70. The Kier molecular flexibility index (Phi) is 4.00. The highest BCUT2D eigenvalue weighted by atomic mass is 35.5. The lowest BCUT2D eigenvalue weighted by Crippen LogP contribution is -2.03. The van der Waals surface area contributed by atoms with Crippen molar-refractivity contribution in [1.82, 2.24) is 9.97 Å². The summed E-state index contributed by atoms with van der Waals surface area (Å²) in [6.07, 6.45) is 0. The van der Waals surface area contributed by atoms with Crippen molar-refractivity contribution < 1.29 is 4.39 Å². The summed E-state index contributed by atoms with van der Waals surface area (Å²) in [5.74, 6) is 0.955. The van der Waals surface area contributed by atoms with Gasteiger partial charge >= 0.3 is 0 Å². The molecule has 0 radical (unpaired) electrons. The third kappa shape index (κ3) is 3.41. The van der Waals surface area contributed by atoms with Crippen molar-refractivity contribution in [1.29, 1.82) is 0 Å². The molecule has 0 fully saturated rings. The van der Waals surface area contributed by atoms with Crippen molar-refractivity contribution in [3.05, 3.63) is 46.6 Å². The maximum Gasteiger partial charge on any atom is 0.146 e. The van der Waals surface area contributed by atoms with E-state index in [4.69, 9.17) is 11.6 Å². The molecule has 0 bridgehead atoms. The van der Waals surface area contributed by atoms with E-state index >= 15 is 0 Å². The Hall–Kier alpha value is -1.68. The third-order valence-electron chi connectivity index (χ3n) is 2.62. The van der Waals surface area contributed by atoms with E-state index in [0.717, 1.165) is 5.56 Å². The summed E-state index contributed by atoms with van der Waals surface area (Å²) in [5, 5.41) is 3.27. The average Bonchev–Trinajstić information content (AvgIpc) is 2.32. The Bertz CT molecular complexity index is 599. The molecule has 0 saturated heterocycles. The lowest BCUT2D eigenvalue weighted by atomic mass is 10.2. The molecule has 0 unspecified atom stereocenters. The first-order valence-corrected chi connectivity index (χ1v) is 6.41. The minimum atomic E-state index is -0.319. The van der Waals surface area contributed by atoms with Gasteiger partial charge in [0.05, 0.1) is 5.69 Å². The predicted octanol–water partition coefficient (Wildman–Crippen LogP) is 4.44. The first-order valence-electron chi connectivity index (χ1n) is 6.03. The molecule has 0 aliphatic heterocycles. The van der Waals surface area contributed by atoms with Crippen LogP contribution in [0.4, 0.5) is 15.9 Å². The molecule has 0 amide bonds. The lowest BCUT2D eigenvalue weighted by molar-refractivity contribution is 0.630. The van der Waals surface area contributed by atoms with Crippen LogP contribution in [0, 0.1) is 12.7 Å². The number of nitrogens with one attached hydrogen (secondary N) is 1. The molecule has 0 spiro atoms. The standard InChI is InChI=1S/C14H15ClFN3/c1-8(2)14-18-12(15)7-13(19-14)17-11-5-4-9(3)6-10(11)16/h4-8H,1-3H3,(H,17,18,19). The predicted molar refractivity (Wildman–Crippen MR) is 75.6 cm³/mol. The van der Waals surface area contributed by atoms with Crippen LogP contribution in [0.15, 0.2) is 24.3 Å². The number of aromatic nitrogens is 2. The molecule has 0 aliphatic rings. The summed E-state index contributed by atoms with van der Waals surface area (Å²) in [6.45, 7) is 5.79. The van der Waals surface area contributed by atoms with Crippen LogP contribution >= 0.6 is 11.6 Å². The molecule has 3 nitrogen and oxygen atoms in total. The second kappa shape index (κ2) is 5.53. The molecular formula is C14H15ClFN3. The normalized spacial score (nSPS) is 10.8. The van der Waals surface area contributed by atoms with Gasteiger partial charge in [-0.05, 0) is 24.6 Å². The fourth-order valence-electron chi connectivity index (χ4n) is 1.62. The Morgan fingerprint density at radius 3 is 2.58 bits per heavy atom. The Balaban J connectivity index is 2.32. The van der Waals surface area contributed by atoms with E-state index in [-0.39, 0.29) is 11.7 Å². The number of halogens is 2. The number of hydrogen-bond donors (Lipinski definition) is 1. The first kappa shape index (κ1) is 13.7. The van der Waals surface area contributed by atoms with Crippen LogP contribution in [0.5, 0.6) is 0 Å². The average molecular weight is 280 g/mol. The fourth-order valence-corrected chi connectivity index (χ4v) is 1.81. The number of nitrogens with zero attached hydrogens (tertiary/aromatic N) is 2. The van der Waals surface area contributed by atoms with Crippen LogP contribution in [0.3, 0.4) is 0 Å². The molecule has 1 N–H and O–H groups in total. The number of anilines is 2. The molecule has 19 heavy (non-hydrogen) atoms. The van der Waals surface area contributed by atoms with Gasteiger partial charge < -0.3 is 5.32 Å². The molecular weight excluding hydrogens is 265 g/mol. The molecule has 5 heteroatoms. The van der Waals surface area contributed by atoms with Crippen molar-refractivity contribution in [2.75, 3.05) is 5.32 Å². The summed E-state index contributed by atoms with van der Waals surface area (Å²) in [4.78, 5) is 8.45. The lowest BCUT2D eigenvalue weighted by Gasteiger charge is -2.10. The van der Waals surface area contributed by atoms with Crippen molar-refractivity contribution in [2.45, 2.75) is 26.7 Å². The Morgan fingerprint density at radius 1 is 1.21 bits per heavy atom. The molecule has 2 aromatic rings. The maximum absolute atomic E-state index is 13.8. The maximum atomic E-state index is 13.8. The smallest absolute Gasteiger partial charge is 0.146 e. The van der Waals surface area contributed by atoms with Gasteiger partial charge in [-0.25, -0.2) is 14.4 Å². The zero-order valence-electron chi connectivity index (χ0n) is 11.0. The number of hydrogen-bond acceptors (Lipinski definition) is 3. The molecule has 100 valence electrons. The van der Waals surface area contributed by atoms with E-state index in [0.29, 0.717) is 22.5 Å². The highest BCUT2D eigenvalue weighted by Gasteiger charge is 2.09. The van der Waals surface area contributed by atoms with Gasteiger partial charge in [0.2, 0.25) is 0 Å². The van der Waals surface area contributed by atoms with Gasteiger partial charge in [0, 0.05) is 12.0 Å². The molecule has 0 atom stereocenters. The zero-order valence-corrected chi connectivity index (χ0v) is 11.8. The Morgan fingerprint density at radius 2 is 1.95 bits per heavy atom. The van der Waals surface area contributed by atoms with Crippen LogP contribution in [-0.2, 0) is 0 Å². The van der Waals surface area contributed by atoms with Gasteiger partial charge in [0.25, 0.3) is 0 Å². The van der Waals surface area contributed by atoms with Crippen LogP contribution < -0.4 is 5.32 Å². The highest BCUT2D eigenvalue weighted by Crippen LogP contribution is 2.22. The van der Waals surface area contributed by atoms with Gasteiger partial charge in [-0.1, -0.05) is 31.5 Å². The molecule has 2 rings (SSSR count). The summed E-state index contributed by atoms with van der Waals surface area (Å²) >= 11 is 5.94. The van der Waals surface area contributed by atoms with E-state index < -0.39 is 0 Å². The van der Waals surface area contributed by atoms with Crippen LogP contribution in [-0.4, -0.2) is 9.97 Å². The summed E-state index contributed by atoms with van der Waals surface area (Å²) < 4.78 is 13.8. The minimum Gasteiger partial charge on any atom is -0.338 e. The monoisotopic (exact) mass is 279 g/mol. The second-order valence-corrected chi connectivity index (χ2v) is 5.08. The summed E-state index contributed by atoms with van der Waals surface area (Å²) in [5.41, 5.74) is 1.24. The topological polar surface area (TPSA) is 37.8 Å². The van der Waals surface area contributed by atoms with Gasteiger partial charge in [-0.15, -0.1) is 0 Å². The van der Waals surface area contributed by atoms with Crippen LogP contribution in [0.25, 0.3) is 0 Å². The van der Waals surface area contributed by atoms with Crippen LogP contribution in [0.1, 0.15) is 31.2 Å². The van der Waals surface area contributed by atoms with Crippen molar-refractivity contribution in [3.63, 3.8) is 0 Å². The minimum absolute atomic E-state index is 0.155. The number of rotatable bonds is 3. The first-order chi connectivity index (χ1) is 8.95. The quantitative estimate of drug-likeness (QED) is 0.844. The molecule has 1 aromatic heterocycles.